The third-order valence-electron chi connectivity index (χ3n) is 4.27. The minimum atomic E-state index is -0.552. The zero-order valence-corrected chi connectivity index (χ0v) is 12.6. The highest BCUT2D eigenvalue weighted by atomic mass is 19.1. The molecule has 1 aromatic rings. The number of nitrogens with one attached hydrogen (secondary N) is 1. The van der Waals surface area contributed by atoms with Gasteiger partial charge in [0.1, 0.15) is 11.6 Å². The van der Waals surface area contributed by atoms with E-state index >= 15 is 0 Å². The highest BCUT2D eigenvalue weighted by molar-refractivity contribution is 5.21. The monoisotopic (exact) mass is 299 g/mol. The van der Waals surface area contributed by atoms with E-state index in [1.165, 1.54) is 12.1 Å². The van der Waals surface area contributed by atoms with Gasteiger partial charge in [-0.2, -0.15) is 0 Å². The second kappa shape index (κ2) is 7.29. The molecule has 1 unspecified atom stereocenters. The topological polar surface area (TPSA) is 30.5 Å². The summed E-state index contributed by atoms with van der Waals surface area (Å²) in [5, 5.41) is 3.39. The molecule has 0 radical (unpaired) electrons. The quantitative estimate of drug-likeness (QED) is 0.876. The smallest absolute Gasteiger partial charge is 0.129 e. The van der Waals surface area contributed by atoms with Gasteiger partial charge in [-0.1, -0.05) is 13.0 Å². The van der Waals surface area contributed by atoms with E-state index < -0.39 is 11.6 Å². The summed E-state index contributed by atoms with van der Waals surface area (Å²) < 4.78 is 38.1. The van der Waals surface area contributed by atoms with Gasteiger partial charge in [0.15, 0.2) is 0 Å². The second-order valence-corrected chi connectivity index (χ2v) is 5.43. The van der Waals surface area contributed by atoms with Crippen LogP contribution in [0.2, 0.25) is 0 Å². The van der Waals surface area contributed by atoms with Crippen molar-refractivity contribution in [1.29, 1.82) is 0 Å². The fraction of sp³-hybridized carbons (Fsp3) is 0.625. The van der Waals surface area contributed by atoms with Crippen LogP contribution in [0.3, 0.4) is 0 Å². The zero-order chi connectivity index (χ0) is 15.3. The minimum Gasteiger partial charge on any atom is -0.381 e. The highest BCUT2D eigenvalue weighted by Gasteiger charge is 2.40. The van der Waals surface area contributed by atoms with Crippen LogP contribution in [0, 0.1) is 11.6 Å². The summed E-state index contributed by atoms with van der Waals surface area (Å²) in [7, 11) is 1.69. The number of hydrogen-bond donors (Lipinski definition) is 1. The normalized spacial score (nSPS) is 19.4. The van der Waals surface area contributed by atoms with Crippen molar-refractivity contribution in [2.24, 2.45) is 0 Å². The molecule has 1 aliphatic heterocycles. The lowest BCUT2D eigenvalue weighted by molar-refractivity contribution is -0.110. The molecule has 1 aromatic carbocycles. The van der Waals surface area contributed by atoms with Crippen LogP contribution < -0.4 is 5.32 Å². The van der Waals surface area contributed by atoms with Gasteiger partial charge in [0.25, 0.3) is 0 Å². The summed E-state index contributed by atoms with van der Waals surface area (Å²) in [6.45, 7) is 4.05. The third-order valence-corrected chi connectivity index (χ3v) is 4.27. The molecule has 2 rings (SSSR count). The Morgan fingerprint density at radius 2 is 2.05 bits per heavy atom. The van der Waals surface area contributed by atoms with Crippen LogP contribution in [-0.4, -0.2) is 38.5 Å². The van der Waals surface area contributed by atoms with Crippen molar-refractivity contribution >= 4 is 0 Å². The third kappa shape index (κ3) is 3.78. The van der Waals surface area contributed by atoms with E-state index in [2.05, 4.69) is 5.32 Å². The number of ether oxygens (including phenoxy) is 2. The Kier molecular flexibility index (Phi) is 5.67. The Bertz CT molecular complexity index is 462. The molecule has 0 spiro atoms. The SMILES string of the molecule is CCNC(Cc1ccc(F)cc1F)C1(OC)CCOCC1. The lowest BCUT2D eigenvalue weighted by Crippen LogP contribution is -2.56. The molecular weight excluding hydrogens is 276 g/mol. The lowest BCUT2D eigenvalue weighted by Gasteiger charge is -2.42. The maximum Gasteiger partial charge on any atom is 0.129 e. The molecule has 0 aromatic heterocycles. The number of halogens is 2. The number of likely N-dealkylation sites (N-methyl/N-ethyl adjacent to an activating group) is 1. The summed E-state index contributed by atoms with van der Waals surface area (Å²) in [6, 6.07) is 3.71. The molecule has 3 nitrogen and oxygen atoms in total. The van der Waals surface area contributed by atoms with E-state index in [-0.39, 0.29) is 11.6 Å². The van der Waals surface area contributed by atoms with E-state index in [9.17, 15) is 8.78 Å². The largest absolute Gasteiger partial charge is 0.381 e. The molecule has 1 atom stereocenters. The Balaban J connectivity index is 2.21. The van der Waals surface area contributed by atoms with Crippen LogP contribution in [-0.2, 0) is 15.9 Å². The fourth-order valence-corrected chi connectivity index (χ4v) is 3.01. The van der Waals surface area contributed by atoms with Gasteiger partial charge in [-0.15, -0.1) is 0 Å². The molecule has 1 saturated heterocycles. The van der Waals surface area contributed by atoms with Crippen LogP contribution in [0.15, 0.2) is 18.2 Å². The summed E-state index contributed by atoms with van der Waals surface area (Å²) in [5.74, 6) is -1.06. The molecule has 1 heterocycles. The number of rotatable bonds is 6. The Morgan fingerprint density at radius 3 is 2.62 bits per heavy atom. The van der Waals surface area contributed by atoms with Crippen molar-refractivity contribution in [2.75, 3.05) is 26.9 Å². The molecule has 1 fully saturated rings. The maximum absolute atomic E-state index is 13.9. The van der Waals surface area contributed by atoms with E-state index in [0.29, 0.717) is 25.2 Å². The Morgan fingerprint density at radius 1 is 1.33 bits per heavy atom. The minimum absolute atomic E-state index is 0.0311. The predicted molar refractivity (Wildman–Crippen MR) is 77.3 cm³/mol. The van der Waals surface area contributed by atoms with E-state index in [1.807, 2.05) is 6.92 Å². The van der Waals surface area contributed by atoms with E-state index in [0.717, 1.165) is 25.5 Å². The molecular formula is C16H23F2NO2. The highest BCUT2D eigenvalue weighted by Crippen LogP contribution is 2.30. The van der Waals surface area contributed by atoms with Gasteiger partial charge in [0, 0.05) is 45.3 Å². The maximum atomic E-state index is 13.9. The average molecular weight is 299 g/mol. The van der Waals surface area contributed by atoms with Crippen molar-refractivity contribution in [3.63, 3.8) is 0 Å². The molecule has 0 aliphatic carbocycles. The molecule has 1 N–H and O–H groups in total. The van der Waals surface area contributed by atoms with Crippen LogP contribution >= 0.6 is 0 Å². The predicted octanol–water partition coefficient (Wildman–Crippen LogP) is 2.68. The second-order valence-electron chi connectivity index (χ2n) is 5.43. The van der Waals surface area contributed by atoms with Gasteiger partial charge in [-0.05, 0) is 24.6 Å². The van der Waals surface area contributed by atoms with E-state index in [4.69, 9.17) is 9.47 Å². The van der Waals surface area contributed by atoms with E-state index in [1.54, 1.807) is 7.11 Å². The first-order valence-corrected chi connectivity index (χ1v) is 7.41. The lowest BCUT2D eigenvalue weighted by atomic mass is 9.82. The molecule has 21 heavy (non-hydrogen) atoms. The summed E-state index contributed by atoms with van der Waals surface area (Å²) in [6.07, 6.45) is 2.00. The fourth-order valence-electron chi connectivity index (χ4n) is 3.01. The zero-order valence-electron chi connectivity index (χ0n) is 12.6. The summed E-state index contributed by atoms with van der Waals surface area (Å²) >= 11 is 0. The number of benzene rings is 1. The molecule has 0 bridgehead atoms. The van der Waals surface area contributed by atoms with Gasteiger partial charge in [0.05, 0.1) is 5.60 Å². The van der Waals surface area contributed by atoms with Gasteiger partial charge in [-0.25, -0.2) is 8.78 Å². The van der Waals surface area contributed by atoms with Crippen LogP contribution in [0.25, 0.3) is 0 Å². The Labute approximate surface area is 124 Å². The first-order valence-electron chi connectivity index (χ1n) is 7.41. The van der Waals surface area contributed by atoms with Crippen molar-refractivity contribution in [3.05, 3.63) is 35.4 Å². The molecule has 1 aliphatic rings. The summed E-state index contributed by atoms with van der Waals surface area (Å²) in [4.78, 5) is 0. The Hall–Kier alpha value is -1.04. The first-order chi connectivity index (χ1) is 10.1. The van der Waals surface area contributed by atoms with Crippen molar-refractivity contribution in [3.8, 4) is 0 Å². The van der Waals surface area contributed by atoms with Crippen molar-refractivity contribution in [1.82, 2.24) is 5.32 Å². The first kappa shape index (κ1) is 16.3. The van der Waals surface area contributed by atoms with Gasteiger partial charge in [-0.3, -0.25) is 0 Å². The number of methoxy groups -OCH3 is 1. The van der Waals surface area contributed by atoms with Crippen LogP contribution in [0.1, 0.15) is 25.3 Å². The standard InChI is InChI=1S/C16H23F2NO2/c1-3-19-15(16(20-2)6-8-21-9-7-16)10-12-4-5-13(17)11-14(12)18/h4-5,11,15,19H,3,6-10H2,1-2H3. The van der Waals surface area contributed by atoms with Gasteiger partial charge < -0.3 is 14.8 Å². The molecule has 0 amide bonds. The van der Waals surface area contributed by atoms with Crippen LogP contribution in [0.5, 0.6) is 0 Å². The van der Waals surface area contributed by atoms with Crippen molar-refractivity contribution in [2.45, 2.75) is 37.8 Å². The number of hydrogen-bond acceptors (Lipinski definition) is 3. The summed E-state index contributed by atoms with van der Waals surface area (Å²) in [5.41, 5.74) is 0.139. The van der Waals surface area contributed by atoms with Gasteiger partial charge in [0.2, 0.25) is 0 Å². The van der Waals surface area contributed by atoms with Crippen LogP contribution in [0.4, 0.5) is 8.78 Å². The molecule has 5 heteroatoms. The molecule has 0 saturated carbocycles. The van der Waals surface area contributed by atoms with Crippen molar-refractivity contribution < 1.29 is 18.3 Å². The average Bonchev–Trinajstić information content (AvgIpc) is 2.50. The van der Waals surface area contributed by atoms with Gasteiger partial charge >= 0.3 is 0 Å². The molecule has 118 valence electrons.